The van der Waals surface area contributed by atoms with Gasteiger partial charge in [0.1, 0.15) is 5.76 Å². The first-order valence-electron chi connectivity index (χ1n) is 7.36. The Bertz CT molecular complexity index is 576. The lowest BCUT2D eigenvalue weighted by Gasteiger charge is -2.11. The summed E-state index contributed by atoms with van der Waals surface area (Å²) >= 11 is 0. The van der Waals surface area contributed by atoms with E-state index >= 15 is 0 Å². The van der Waals surface area contributed by atoms with Gasteiger partial charge in [0.05, 0.1) is 12.8 Å². The Labute approximate surface area is 125 Å². The van der Waals surface area contributed by atoms with E-state index in [4.69, 9.17) is 4.42 Å². The van der Waals surface area contributed by atoms with Crippen LogP contribution in [0.4, 0.5) is 10.5 Å². The van der Waals surface area contributed by atoms with E-state index in [-0.39, 0.29) is 6.03 Å². The van der Waals surface area contributed by atoms with Crippen LogP contribution < -0.4 is 10.6 Å². The molecule has 0 aliphatic heterocycles. The molecule has 0 aliphatic carbocycles. The molecule has 4 heteroatoms. The normalized spacial score (nSPS) is 10.4. The molecule has 2 rings (SSSR count). The third kappa shape index (κ3) is 4.67. The largest absolute Gasteiger partial charge is 0.467 e. The second kappa shape index (κ2) is 7.53. The molecule has 1 heterocycles. The monoisotopic (exact) mass is 286 g/mol. The van der Waals surface area contributed by atoms with Crippen molar-refractivity contribution in [3.63, 3.8) is 0 Å². The Balaban J connectivity index is 1.88. The zero-order chi connectivity index (χ0) is 15.1. The lowest BCUT2D eigenvalue weighted by molar-refractivity contribution is 0.251. The number of rotatable bonds is 6. The average molecular weight is 286 g/mol. The highest BCUT2D eigenvalue weighted by Crippen LogP contribution is 2.17. The van der Waals surface area contributed by atoms with E-state index in [0.717, 1.165) is 23.4 Å². The van der Waals surface area contributed by atoms with Crippen LogP contribution in [0.15, 0.2) is 41.0 Å². The number of urea groups is 1. The van der Waals surface area contributed by atoms with Crippen molar-refractivity contribution in [3.05, 3.63) is 53.5 Å². The summed E-state index contributed by atoms with van der Waals surface area (Å²) in [5.74, 6) is 0.733. The molecule has 0 fully saturated rings. The highest BCUT2D eigenvalue weighted by molar-refractivity contribution is 5.90. The molecule has 0 unspecified atom stereocenters. The number of unbranched alkanes of at least 4 members (excludes halogenated alkanes) is 1. The number of hydrogen-bond acceptors (Lipinski definition) is 2. The summed E-state index contributed by atoms with van der Waals surface area (Å²) in [6.07, 6.45) is 5.06. The fraction of sp³-hybridized carbons (Fsp3) is 0.353. The van der Waals surface area contributed by atoms with E-state index in [1.807, 2.05) is 19.1 Å². The van der Waals surface area contributed by atoms with Gasteiger partial charge in [-0.25, -0.2) is 4.79 Å². The first-order valence-corrected chi connectivity index (χ1v) is 7.36. The van der Waals surface area contributed by atoms with Crippen molar-refractivity contribution in [2.24, 2.45) is 0 Å². The number of anilines is 1. The van der Waals surface area contributed by atoms with Crippen LogP contribution in [-0.4, -0.2) is 6.03 Å². The standard InChI is InChI=1S/C17H22N2O2/c1-3-4-6-14-8-9-16(13(2)11-14)19-17(20)18-12-15-7-5-10-21-15/h5,7-11H,3-4,6,12H2,1-2H3,(H2,18,19,20). The third-order valence-corrected chi connectivity index (χ3v) is 3.36. The highest BCUT2D eigenvalue weighted by Gasteiger charge is 2.06. The number of carbonyl (C=O) groups is 1. The van der Waals surface area contributed by atoms with Gasteiger partial charge in [0.2, 0.25) is 0 Å². The Morgan fingerprint density at radius 2 is 2.14 bits per heavy atom. The van der Waals surface area contributed by atoms with Crippen LogP contribution in [0.2, 0.25) is 0 Å². The van der Waals surface area contributed by atoms with Crippen LogP contribution in [0, 0.1) is 6.92 Å². The van der Waals surface area contributed by atoms with Crippen LogP contribution >= 0.6 is 0 Å². The van der Waals surface area contributed by atoms with Gasteiger partial charge in [-0.15, -0.1) is 0 Å². The predicted octanol–water partition coefficient (Wildman–Crippen LogP) is 4.25. The summed E-state index contributed by atoms with van der Waals surface area (Å²) in [6, 6.07) is 9.58. The summed E-state index contributed by atoms with van der Waals surface area (Å²) in [5.41, 5.74) is 3.24. The molecule has 21 heavy (non-hydrogen) atoms. The maximum Gasteiger partial charge on any atom is 0.319 e. The van der Waals surface area contributed by atoms with Gasteiger partial charge in [0, 0.05) is 5.69 Å². The van der Waals surface area contributed by atoms with Gasteiger partial charge < -0.3 is 15.1 Å². The number of hydrogen-bond donors (Lipinski definition) is 2. The van der Waals surface area contributed by atoms with Crippen molar-refractivity contribution in [3.8, 4) is 0 Å². The first kappa shape index (κ1) is 15.2. The van der Waals surface area contributed by atoms with Gasteiger partial charge in [-0.3, -0.25) is 0 Å². The lowest BCUT2D eigenvalue weighted by atomic mass is 10.0. The average Bonchev–Trinajstić information content (AvgIpc) is 2.99. The quantitative estimate of drug-likeness (QED) is 0.834. The van der Waals surface area contributed by atoms with Gasteiger partial charge in [-0.05, 0) is 49.1 Å². The van der Waals surface area contributed by atoms with Gasteiger partial charge >= 0.3 is 6.03 Å². The van der Waals surface area contributed by atoms with Crippen LogP contribution in [0.5, 0.6) is 0 Å². The fourth-order valence-corrected chi connectivity index (χ4v) is 2.15. The number of amides is 2. The van der Waals surface area contributed by atoms with Gasteiger partial charge in [0.25, 0.3) is 0 Å². The van der Waals surface area contributed by atoms with Crippen molar-refractivity contribution >= 4 is 11.7 Å². The molecule has 2 amide bonds. The molecule has 0 bridgehead atoms. The summed E-state index contributed by atoms with van der Waals surface area (Å²) in [7, 11) is 0. The second-order valence-corrected chi connectivity index (χ2v) is 5.14. The predicted molar refractivity (Wildman–Crippen MR) is 84.4 cm³/mol. The van der Waals surface area contributed by atoms with Gasteiger partial charge in [-0.2, -0.15) is 0 Å². The Morgan fingerprint density at radius 3 is 2.81 bits per heavy atom. The first-order chi connectivity index (χ1) is 10.2. The number of nitrogens with one attached hydrogen (secondary N) is 2. The molecule has 0 radical (unpaired) electrons. The Hall–Kier alpha value is -2.23. The summed E-state index contributed by atoms with van der Waals surface area (Å²) in [6.45, 7) is 4.58. The maximum absolute atomic E-state index is 11.9. The second-order valence-electron chi connectivity index (χ2n) is 5.14. The molecular weight excluding hydrogens is 264 g/mol. The summed E-state index contributed by atoms with van der Waals surface area (Å²) < 4.78 is 5.17. The van der Waals surface area contributed by atoms with E-state index in [2.05, 4.69) is 29.7 Å². The molecular formula is C17H22N2O2. The van der Waals surface area contributed by atoms with E-state index in [0.29, 0.717) is 6.54 Å². The van der Waals surface area contributed by atoms with Crippen molar-refractivity contribution in [2.45, 2.75) is 39.7 Å². The molecule has 1 aromatic carbocycles. The number of benzene rings is 1. The van der Waals surface area contributed by atoms with Crippen LogP contribution in [0.1, 0.15) is 36.7 Å². The van der Waals surface area contributed by atoms with Crippen molar-refractivity contribution in [2.75, 3.05) is 5.32 Å². The zero-order valence-electron chi connectivity index (χ0n) is 12.6. The van der Waals surface area contributed by atoms with Crippen LogP contribution in [0.3, 0.4) is 0 Å². The van der Waals surface area contributed by atoms with Crippen molar-refractivity contribution in [1.29, 1.82) is 0 Å². The Morgan fingerprint density at radius 1 is 1.29 bits per heavy atom. The summed E-state index contributed by atoms with van der Waals surface area (Å²) in [4.78, 5) is 11.9. The molecule has 0 saturated heterocycles. The van der Waals surface area contributed by atoms with E-state index < -0.39 is 0 Å². The molecule has 0 saturated carbocycles. The Kier molecular flexibility index (Phi) is 5.43. The lowest BCUT2D eigenvalue weighted by Crippen LogP contribution is -2.28. The fourth-order valence-electron chi connectivity index (χ4n) is 2.15. The minimum Gasteiger partial charge on any atom is -0.467 e. The zero-order valence-corrected chi connectivity index (χ0v) is 12.6. The molecule has 2 N–H and O–H groups in total. The molecule has 0 atom stereocenters. The van der Waals surface area contributed by atoms with Gasteiger partial charge in [-0.1, -0.05) is 25.5 Å². The number of carbonyl (C=O) groups excluding carboxylic acids is 1. The smallest absolute Gasteiger partial charge is 0.319 e. The van der Waals surface area contributed by atoms with E-state index in [9.17, 15) is 4.79 Å². The minimum absolute atomic E-state index is 0.226. The molecule has 112 valence electrons. The molecule has 0 aliphatic rings. The van der Waals surface area contributed by atoms with E-state index in [1.165, 1.54) is 18.4 Å². The van der Waals surface area contributed by atoms with Gasteiger partial charge in [0.15, 0.2) is 0 Å². The molecule has 0 spiro atoms. The van der Waals surface area contributed by atoms with Crippen molar-refractivity contribution in [1.82, 2.24) is 5.32 Å². The maximum atomic E-state index is 11.9. The SMILES string of the molecule is CCCCc1ccc(NC(=O)NCc2ccco2)c(C)c1. The van der Waals surface area contributed by atoms with Crippen molar-refractivity contribution < 1.29 is 9.21 Å². The molecule has 1 aromatic heterocycles. The number of furan rings is 1. The molecule has 2 aromatic rings. The van der Waals surface area contributed by atoms with E-state index in [1.54, 1.807) is 12.3 Å². The summed E-state index contributed by atoms with van der Waals surface area (Å²) in [5, 5.41) is 5.63. The van der Waals surface area contributed by atoms with Crippen LogP contribution in [-0.2, 0) is 13.0 Å². The molecule has 4 nitrogen and oxygen atoms in total. The number of aryl methyl sites for hydroxylation is 2. The topological polar surface area (TPSA) is 54.3 Å². The highest BCUT2D eigenvalue weighted by atomic mass is 16.3. The third-order valence-electron chi connectivity index (χ3n) is 3.36. The van der Waals surface area contributed by atoms with Crippen LogP contribution in [0.25, 0.3) is 0 Å². The minimum atomic E-state index is -0.226.